The molecule has 1 atom stereocenters. The van der Waals surface area contributed by atoms with Crippen LogP contribution in [0.2, 0.25) is 0 Å². The summed E-state index contributed by atoms with van der Waals surface area (Å²) in [5.74, 6) is -0.256. The average molecular weight is 255 g/mol. The molecule has 0 aliphatic rings. The molecule has 1 heterocycles. The summed E-state index contributed by atoms with van der Waals surface area (Å²) in [5.41, 5.74) is 1.03. The van der Waals surface area contributed by atoms with E-state index in [9.17, 15) is 4.79 Å². The van der Waals surface area contributed by atoms with Crippen LogP contribution in [0.3, 0.4) is 0 Å². The minimum absolute atomic E-state index is 0.0687. The second-order valence-corrected chi connectivity index (χ2v) is 4.67. The Labute approximate surface area is 107 Å². The maximum Gasteiger partial charge on any atom is 0.360 e. The van der Waals surface area contributed by atoms with Crippen LogP contribution in [-0.4, -0.2) is 39.3 Å². The molecule has 1 rings (SSSR count). The number of hydrogen-bond donors (Lipinski definition) is 1. The van der Waals surface area contributed by atoms with Gasteiger partial charge in [-0.15, -0.1) is 5.10 Å². The number of carbonyl (C=O) groups is 1. The molecule has 0 saturated carbocycles. The van der Waals surface area contributed by atoms with Crippen LogP contribution in [0.4, 0.5) is 0 Å². The van der Waals surface area contributed by atoms with Gasteiger partial charge in [0.25, 0.3) is 0 Å². The topological polar surface area (TPSA) is 77.2 Å². The number of hydrogen-bond acceptors (Lipinski definition) is 5. The molecule has 0 bridgehead atoms. The number of ether oxygens (including phenoxy) is 1. The van der Waals surface area contributed by atoms with Crippen molar-refractivity contribution in [3.8, 4) is 0 Å². The van der Waals surface area contributed by atoms with Crippen molar-refractivity contribution in [1.82, 2.24) is 15.0 Å². The quantitative estimate of drug-likeness (QED) is 0.773. The monoisotopic (exact) mass is 255 g/mol. The number of esters is 1. The van der Waals surface area contributed by atoms with Crippen LogP contribution in [0.15, 0.2) is 0 Å². The molecule has 0 fully saturated rings. The van der Waals surface area contributed by atoms with Crippen molar-refractivity contribution in [3.05, 3.63) is 11.4 Å². The highest BCUT2D eigenvalue weighted by molar-refractivity contribution is 5.88. The van der Waals surface area contributed by atoms with Crippen LogP contribution in [0.5, 0.6) is 0 Å². The fourth-order valence-electron chi connectivity index (χ4n) is 1.72. The van der Waals surface area contributed by atoms with Gasteiger partial charge in [0.1, 0.15) is 0 Å². The maximum absolute atomic E-state index is 11.8. The Morgan fingerprint density at radius 2 is 2.11 bits per heavy atom. The fraction of sp³-hybridized carbons (Fsp3) is 0.750. The highest BCUT2D eigenvalue weighted by atomic mass is 16.5. The van der Waals surface area contributed by atoms with Crippen molar-refractivity contribution in [2.75, 3.05) is 13.2 Å². The minimum atomic E-state index is -0.441. The zero-order valence-electron chi connectivity index (χ0n) is 11.4. The van der Waals surface area contributed by atoms with Gasteiger partial charge in [-0.25, -0.2) is 9.48 Å². The smallest absolute Gasteiger partial charge is 0.360 e. The normalized spacial score (nSPS) is 12.8. The Morgan fingerprint density at radius 3 is 2.61 bits per heavy atom. The van der Waals surface area contributed by atoms with Gasteiger partial charge in [-0.2, -0.15) is 0 Å². The molecule has 102 valence electrons. The fourth-order valence-corrected chi connectivity index (χ4v) is 1.72. The van der Waals surface area contributed by atoms with Crippen LogP contribution in [-0.2, 0) is 11.3 Å². The van der Waals surface area contributed by atoms with E-state index in [4.69, 9.17) is 9.84 Å². The SMILES string of the molecule is CCOC(=O)c1nnn(CC(C)CO)c1C(C)C. The van der Waals surface area contributed by atoms with E-state index in [0.717, 1.165) is 5.69 Å². The van der Waals surface area contributed by atoms with Crippen molar-refractivity contribution in [1.29, 1.82) is 0 Å². The van der Waals surface area contributed by atoms with E-state index in [0.29, 0.717) is 13.2 Å². The molecule has 6 heteroatoms. The first kappa shape index (κ1) is 14.6. The summed E-state index contributed by atoms with van der Waals surface area (Å²) in [5, 5.41) is 17.0. The molecule has 0 aromatic carbocycles. The molecular formula is C12H21N3O3. The summed E-state index contributed by atoms with van der Waals surface area (Å²) in [4.78, 5) is 11.8. The summed E-state index contributed by atoms with van der Waals surface area (Å²) in [6, 6.07) is 0. The minimum Gasteiger partial charge on any atom is -0.461 e. The largest absolute Gasteiger partial charge is 0.461 e. The molecule has 0 radical (unpaired) electrons. The van der Waals surface area contributed by atoms with Gasteiger partial charge >= 0.3 is 5.97 Å². The molecule has 18 heavy (non-hydrogen) atoms. The van der Waals surface area contributed by atoms with Crippen LogP contribution >= 0.6 is 0 Å². The van der Waals surface area contributed by atoms with Crippen LogP contribution in [0.25, 0.3) is 0 Å². The first-order valence-electron chi connectivity index (χ1n) is 6.22. The van der Waals surface area contributed by atoms with Gasteiger partial charge < -0.3 is 9.84 Å². The third-order valence-electron chi connectivity index (χ3n) is 2.59. The Bertz CT molecular complexity index is 401. The van der Waals surface area contributed by atoms with Gasteiger partial charge in [0.15, 0.2) is 5.69 Å². The summed E-state index contributed by atoms with van der Waals surface area (Å²) in [6.45, 7) is 8.54. The lowest BCUT2D eigenvalue weighted by Crippen LogP contribution is -2.17. The van der Waals surface area contributed by atoms with Gasteiger partial charge in [-0.05, 0) is 18.8 Å². The van der Waals surface area contributed by atoms with Crippen molar-refractivity contribution >= 4 is 5.97 Å². The van der Waals surface area contributed by atoms with Crippen LogP contribution < -0.4 is 0 Å². The molecule has 1 N–H and O–H groups in total. The van der Waals surface area contributed by atoms with E-state index in [1.165, 1.54) is 0 Å². The molecule has 0 spiro atoms. The third-order valence-corrected chi connectivity index (χ3v) is 2.59. The maximum atomic E-state index is 11.8. The van der Waals surface area contributed by atoms with E-state index in [1.807, 2.05) is 20.8 Å². The highest BCUT2D eigenvalue weighted by Gasteiger charge is 2.23. The number of carbonyl (C=O) groups excluding carboxylic acids is 1. The van der Waals surface area contributed by atoms with Crippen molar-refractivity contribution in [2.24, 2.45) is 5.92 Å². The summed E-state index contributed by atoms with van der Waals surface area (Å²) >= 11 is 0. The zero-order chi connectivity index (χ0) is 13.7. The first-order chi connectivity index (χ1) is 8.51. The van der Waals surface area contributed by atoms with Crippen LogP contribution in [0.1, 0.15) is 49.8 Å². The van der Waals surface area contributed by atoms with E-state index >= 15 is 0 Å². The predicted molar refractivity (Wildman–Crippen MR) is 66.3 cm³/mol. The molecule has 0 saturated heterocycles. The molecule has 0 aliphatic carbocycles. The molecule has 1 unspecified atom stereocenters. The standard InChI is InChI=1S/C12H21N3O3/c1-5-18-12(17)10-11(8(2)3)15(14-13-10)6-9(4)7-16/h8-9,16H,5-7H2,1-4H3. The number of nitrogens with zero attached hydrogens (tertiary/aromatic N) is 3. The third kappa shape index (κ3) is 3.29. The predicted octanol–water partition coefficient (Wildman–Crippen LogP) is 1.21. The van der Waals surface area contributed by atoms with Gasteiger partial charge in [0, 0.05) is 13.2 Å². The molecule has 0 aliphatic heterocycles. The summed E-state index contributed by atoms with van der Waals surface area (Å²) < 4.78 is 6.64. The molecular weight excluding hydrogens is 234 g/mol. The number of aliphatic hydroxyl groups is 1. The molecule has 1 aromatic heterocycles. The summed E-state index contributed by atoms with van der Waals surface area (Å²) in [6.07, 6.45) is 0. The van der Waals surface area contributed by atoms with E-state index in [-0.39, 0.29) is 24.1 Å². The number of aliphatic hydroxyl groups excluding tert-OH is 1. The molecule has 6 nitrogen and oxygen atoms in total. The van der Waals surface area contributed by atoms with E-state index in [1.54, 1.807) is 11.6 Å². The van der Waals surface area contributed by atoms with Gasteiger partial charge in [-0.3, -0.25) is 0 Å². The highest BCUT2D eigenvalue weighted by Crippen LogP contribution is 2.19. The summed E-state index contributed by atoms with van der Waals surface area (Å²) in [7, 11) is 0. The zero-order valence-corrected chi connectivity index (χ0v) is 11.4. The Morgan fingerprint density at radius 1 is 1.44 bits per heavy atom. The van der Waals surface area contributed by atoms with Crippen molar-refractivity contribution in [3.63, 3.8) is 0 Å². The van der Waals surface area contributed by atoms with E-state index in [2.05, 4.69) is 10.3 Å². The lowest BCUT2D eigenvalue weighted by atomic mass is 10.1. The van der Waals surface area contributed by atoms with E-state index < -0.39 is 5.97 Å². The average Bonchev–Trinajstić information content (AvgIpc) is 2.73. The second kappa shape index (κ2) is 6.49. The molecule has 0 amide bonds. The Balaban J connectivity index is 3.03. The lowest BCUT2D eigenvalue weighted by molar-refractivity contribution is 0.0517. The second-order valence-electron chi connectivity index (χ2n) is 4.67. The van der Waals surface area contributed by atoms with Gasteiger partial charge in [-0.1, -0.05) is 26.0 Å². The van der Waals surface area contributed by atoms with Crippen molar-refractivity contribution < 1.29 is 14.6 Å². The van der Waals surface area contributed by atoms with Gasteiger partial charge in [0.2, 0.25) is 0 Å². The Hall–Kier alpha value is -1.43. The van der Waals surface area contributed by atoms with Crippen LogP contribution in [0, 0.1) is 5.92 Å². The number of rotatable bonds is 6. The van der Waals surface area contributed by atoms with Crippen molar-refractivity contribution in [2.45, 2.75) is 40.2 Å². The van der Waals surface area contributed by atoms with Gasteiger partial charge in [0.05, 0.1) is 12.3 Å². The molecule has 1 aromatic rings. The lowest BCUT2D eigenvalue weighted by Gasteiger charge is -2.13. The first-order valence-corrected chi connectivity index (χ1v) is 6.22. The Kier molecular flexibility index (Phi) is 5.27. The number of aromatic nitrogens is 3.